The molecule has 0 saturated heterocycles. The number of aldehydes is 1. The summed E-state index contributed by atoms with van der Waals surface area (Å²) in [5, 5.41) is 17.0. The minimum absolute atomic E-state index is 0.0675. The van der Waals surface area contributed by atoms with Gasteiger partial charge in [0.1, 0.15) is 16.9 Å². The number of carbonyl (C=O) groups excluding carboxylic acids is 1. The predicted molar refractivity (Wildman–Crippen MR) is 119 cm³/mol. The van der Waals surface area contributed by atoms with E-state index in [-0.39, 0.29) is 27.3 Å². The van der Waals surface area contributed by atoms with Crippen LogP contribution in [0.1, 0.15) is 15.9 Å². The second-order valence-electron chi connectivity index (χ2n) is 5.77. The minimum Gasteiger partial charge on any atom is -0.478 e. The van der Waals surface area contributed by atoms with E-state index < -0.39 is 17.6 Å². The van der Waals surface area contributed by atoms with Gasteiger partial charge in [-0.15, -0.1) is 23.1 Å². The summed E-state index contributed by atoms with van der Waals surface area (Å²) in [6, 6.07) is 10.3. The zero-order chi connectivity index (χ0) is 23.6. The van der Waals surface area contributed by atoms with Crippen molar-refractivity contribution in [2.75, 3.05) is 17.2 Å². The van der Waals surface area contributed by atoms with Crippen LogP contribution < -0.4 is 17.4 Å². The third kappa shape index (κ3) is 6.76. The Morgan fingerprint density at radius 2 is 1.74 bits per heavy atom. The van der Waals surface area contributed by atoms with Gasteiger partial charge in [-0.1, -0.05) is 24.3 Å². The van der Waals surface area contributed by atoms with Gasteiger partial charge < -0.3 is 26.6 Å². The highest BCUT2D eigenvalue weighted by Crippen LogP contribution is 2.36. The van der Waals surface area contributed by atoms with Crippen LogP contribution in [-0.4, -0.2) is 28.3 Å². The molecule has 2 aromatic carbocycles. The van der Waals surface area contributed by atoms with Crippen molar-refractivity contribution in [2.45, 2.75) is 11.8 Å². The lowest BCUT2D eigenvalue weighted by atomic mass is 10.0. The number of carboxylic acids is 1. The number of rotatable bonds is 5. The Morgan fingerprint density at radius 3 is 2.32 bits per heavy atom. The first-order valence-corrected chi connectivity index (χ1v) is 10.4. The summed E-state index contributed by atoms with van der Waals surface area (Å²) >= 11 is 2.43. The van der Waals surface area contributed by atoms with Gasteiger partial charge in [0, 0.05) is 27.1 Å². The maximum atomic E-state index is 13.8. The standard InChI is InChI=1S/C12H9F2NO2S.C8H9NOS.H3NO/c1-5-2-3-6(10(14)9(5)13)7-4-18-11(15)8(7)12(16)17;9-7-3-1-2-4-8(7)11-6-5-10;1-2/h2-4H,15H2,1H3,(H,16,17);1-5H,6,9H2;2H,1H2. The molecule has 1 aromatic heterocycles. The number of thioether (sulfide) groups is 1. The molecule has 166 valence electrons. The normalized spacial score (nSPS) is 9.71. The molecule has 0 bridgehead atoms. The lowest BCUT2D eigenvalue weighted by molar-refractivity contribution is -0.105. The van der Waals surface area contributed by atoms with Gasteiger partial charge in [-0.25, -0.2) is 19.5 Å². The molecule has 31 heavy (non-hydrogen) atoms. The lowest BCUT2D eigenvalue weighted by Gasteiger charge is -2.06. The molecule has 3 aromatic rings. The van der Waals surface area contributed by atoms with Gasteiger partial charge in [0.05, 0.1) is 5.75 Å². The maximum absolute atomic E-state index is 13.8. The fourth-order valence-corrected chi connectivity index (χ4v) is 3.84. The van der Waals surface area contributed by atoms with Crippen LogP contribution in [0.5, 0.6) is 0 Å². The van der Waals surface area contributed by atoms with Crippen molar-refractivity contribution in [3.8, 4) is 11.1 Å². The van der Waals surface area contributed by atoms with Gasteiger partial charge in [0.25, 0.3) is 0 Å². The average Bonchev–Trinajstić information content (AvgIpc) is 3.15. The van der Waals surface area contributed by atoms with Gasteiger partial charge in [0.2, 0.25) is 0 Å². The summed E-state index contributed by atoms with van der Waals surface area (Å²) in [5.74, 6) is 0.668. The second-order valence-corrected chi connectivity index (χ2v) is 7.74. The third-order valence-corrected chi connectivity index (χ3v) is 5.62. The number of nitrogen functional groups attached to an aromatic ring is 2. The lowest BCUT2D eigenvalue weighted by Crippen LogP contribution is -2.02. The monoisotopic (exact) mass is 469 g/mol. The van der Waals surface area contributed by atoms with E-state index in [4.69, 9.17) is 21.8 Å². The van der Waals surface area contributed by atoms with Crippen LogP contribution in [0.4, 0.5) is 19.5 Å². The number of benzene rings is 2. The van der Waals surface area contributed by atoms with Crippen LogP contribution in [0.25, 0.3) is 11.1 Å². The molecule has 0 unspecified atom stereocenters. The Kier molecular flexibility index (Phi) is 10.6. The minimum atomic E-state index is -1.26. The molecule has 0 fully saturated rings. The van der Waals surface area contributed by atoms with Crippen molar-refractivity contribution >= 4 is 46.0 Å². The largest absolute Gasteiger partial charge is 0.478 e. The zero-order valence-corrected chi connectivity index (χ0v) is 18.0. The summed E-state index contributed by atoms with van der Waals surface area (Å²) < 4.78 is 27.3. The van der Waals surface area contributed by atoms with Crippen LogP contribution in [0.2, 0.25) is 0 Å². The average molecular weight is 470 g/mol. The van der Waals surface area contributed by atoms with Crippen LogP contribution >= 0.6 is 23.1 Å². The first-order valence-electron chi connectivity index (χ1n) is 8.49. The van der Waals surface area contributed by atoms with Gasteiger partial charge in [-0.3, -0.25) is 0 Å². The van der Waals surface area contributed by atoms with E-state index in [2.05, 4.69) is 5.90 Å². The van der Waals surface area contributed by atoms with E-state index in [9.17, 15) is 18.4 Å². The molecule has 7 nitrogen and oxygen atoms in total. The van der Waals surface area contributed by atoms with Crippen molar-refractivity contribution in [3.63, 3.8) is 0 Å². The number of hydrogen-bond donors (Lipinski definition) is 5. The number of halogens is 2. The fraction of sp³-hybridized carbons (Fsp3) is 0.100. The van der Waals surface area contributed by atoms with Crippen LogP contribution in [0, 0.1) is 18.6 Å². The van der Waals surface area contributed by atoms with E-state index >= 15 is 0 Å². The van der Waals surface area contributed by atoms with Crippen molar-refractivity contribution in [1.82, 2.24) is 0 Å². The molecule has 0 aliphatic heterocycles. The van der Waals surface area contributed by atoms with E-state index in [1.807, 2.05) is 24.3 Å². The maximum Gasteiger partial charge on any atom is 0.339 e. The van der Waals surface area contributed by atoms with Crippen molar-refractivity contribution in [3.05, 3.63) is 64.5 Å². The SMILES string of the molecule is Cc1ccc(-c2csc(N)c2C(=O)O)c(F)c1F.NO.Nc1ccccc1SCC=O. The van der Waals surface area contributed by atoms with Gasteiger partial charge in [0.15, 0.2) is 11.6 Å². The summed E-state index contributed by atoms with van der Waals surface area (Å²) in [7, 11) is 0. The Labute approximate surface area is 185 Å². The molecule has 0 saturated carbocycles. The molecule has 0 aliphatic carbocycles. The molecule has 1 heterocycles. The quantitative estimate of drug-likeness (QED) is 0.161. The summed E-state index contributed by atoms with van der Waals surface area (Å²) in [6.07, 6.45) is 0.872. The van der Waals surface area contributed by atoms with Crippen LogP contribution in [0.15, 0.2) is 46.7 Å². The summed E-state index contributed by atoms with van der Waals surface area (Å²) in [5.41, 5.74) is 11.9. The van der Waals surface area contributed by atoms with Crippen LogP contribution in [-0.2, 0) is 4.79 Å². The summed E-state index contributed by atoms with van der Waals surface area (Å²) in [4.78, 5) is 22.1. The zero-order valence-electron chi connectivity index (χ0n) is 16.3. The smallest absolute Gasteiger partial charge is 0.339 e. The number of para-hydroxylation sites is 1. The highest BCUT2D eigenvalue weighted by molar-refractivity contribution is 8.00. The van der Waals surface area contributed by atoms with E-state index in [0.29, 0.717) is 5.75 Å². The number of carboxylic acid groups (broad SMARTS) is 1. The van der Waals surface area contributed by atoms with Crippen molar-refractivity contribution in [2.24, 2.45) is 5.90 Å². The second kappa shape index (κ2) is 12.6. The number of carbonyl (C=O) groups is 2. The highest BCUT2D eigenvalue weighted by atomic mass is 32.2. The number of hydrogen-bond acceptors (Lipinski definition) is 8. The number of thiophene rings is 1. The van der Waals surface area contributed by atoms with E-state index in [1.54, 1.807) is 0 Å². The highest BCUT2D eigenvalue weighted by Gasteiger charge is 2.22. The Bertz CT molecular complexity index is 1050. The molecule has 3 rings (SSSR count). The van der Waals surface area contributed by atoms with Crippen molar-refractivity contribution < 1.29 is 28.7 Å². The number of aryl methyl sites for hydroxylation is 1. The molecule has 11 heteroatoms. The molecule has 0 aliphatic rings. The Hall–Kier alpha value is -2.99. The summed E-state index contributed by atoms with van der Waals surface area (Å²) in [6.45, 7) is 1.43. The van der Waals surface area contributed by atoms with Crippen LogP contribution in [0.3, 0.4) is 0 Å². The predicted octanol–water partition coefficient (Wildman–Crippen LogP) is 4.18. The molecule has 8 N–H and O–H groups in total. The molecular weight excluding hydrogens is 448 g/mol. The molecule has 0 spiro atoms. The Balaban J connectivity index is 0.000000317. The topological polar surface area (TPSA) is 153 Å². The Morgan fingerprint density at radius 1 is 1.10 bits per heavy atom. The van der Waals surface area contributed by atoms with Gasteiger partial charge in [-0.2, -0.15) is 0 Å². The molecule has 0 atom stereocenters. The fourth-order valence-electron chi connectivity index (χ4n) is 2.38. The molecule has 0 radical (unpaired) electrons. The third-order valence-electron chi connectivity index (χ3n) is 3.82. The van der Waals surface area contributed by atoms with Gasteiger partial charge >= 0.3 is 5.97 Å². The number of nitrogens with two attached hydrogens (primary N) is 3. The van der Waals surface area contributed by atoms with E-state index in [0.717, 1.165) is 28.2 Å². The molecular formula is C20H21F2N3O4S2. The van der Waals surface area contributed by atoms with E-state index in [1.165, 1.54) is 36.2 Å². The number of aromatic carboxylic acids is 1. The van der Waals surface area contributed by atoms with Gasteiger partial charge in [-0.05, 0) is 24.6 Å². The molecule has 0 amide bonds. The van der Waals surface area contributed by atoms with Crippen molar-refractivity contribution in [1.29, 1.82) is 0 Å². The number of anilines is 2. The first kappa shape index (κ1) is 26.0. The first-order chi connectivity index (χ1) is 14.8.